The summed E-state index contributed by atoms with van der Waals surface area (Å²) in [5.74, 6) is -1.06. The zero-order valence-corrected chi connectivity index (χ0v) is 15.1. The van der Waals surface area contributed by atoms with Crippen LogP contribution in [0.4, 0.5) is 16.5 Å². The number of nitrogens with zero attached hydrogens (tertiary/aromatic N) is 1. The van der Waals surface area contributed by atoms with E-state index in [1.54, 1.807) is 24.3 Å². The first-order chi connectivity index (χ1) is 12.4. The van der Waals surface area contributed by atoms with Gasteiger partial charge < -0.3 is 15.7 Å². The van der Waals surface area contributed by atoms with E-state index in [1.807, 2.05) is 31.2 Å². The number of anilines is 3. The van der Waals surface area contributed by atoms with Crippen LogP contribution < -0.4 is 10.6 Å². The lowest BCUT2D eigenvalue weighted by atomic mass is 10.1. The summed E-state index contributed by atoms with van der Waals surface area (Å²) < 4.78 is 0. The first-order valence-corrected chi connectivity index (χ1v) is 8.70. The number of thiazole rings is 1. The fraction of sp³-hybridized carbons (Fsp3) is 0.105. The second-order valence-electron chi connectivity index (χ2n) is 5.69. The summed E-state index contributed by atoms with van der Waals surface area (Å²) in [4.78, 5) is 27.7. The molecule has 3 aromatic rings. The number of aromatic nitrogens is 1. The Hall–Kier alpha value is -3.19. The Morgan fingerprint density at radius 1 is 1.00 bits per heavy atom. The standard InChI is InChI=1S/C19H17N3O3S/c1-11-17(13-3-7-15(8-4-13)20-12(2)23)22-19(26-11)21-16-9-5-14(6-10-16)18(24)25/h3-10H,1-2H3,(H,20,23)(H,21,22)(H,24,25). The van der Waals surface area contributed by atoms with Crippen molar-refractivity contribution in [3.8, 4) is 11.3 Å². The molecule has 0 radical (unpaired) electrons. The van der Waals surface area contributed by atoms with Crippen molar-refractivity contribution in [2.45, 2.75) is 13.8 Å². The highest BCUT2D eigenvalue weighted by molar-refractivity contribution is 7.16. The van der Waals surface area contributed by atoms with Gasteiger partial charge in [0.15, 0.2) is 5.13 Å². The summed E-state index contributed by atoms with van der Waals surface area (Å²) in [6.07, 6.45) is 0. The number of carboxylic acid groups (broad SMARTS) is 1. The number of aromatic carboxylic acids is 1. The van der Waals surface area contributed by atoms with Gasteiger partial charge >= 0.3 is 5.97 Å². The van der Waals surface area contributed by atoms with E-state index in [1.165, 1.54) is 18.3 Å². The van der Waals surface area contributed by atoms with E-state index in [0.29, 0.717) is 0 Å². The van der Waals surface area contributed by atoms with Crippen molar-refractivity contribution in [2.75, 3.05) is 10.6 Å². The van der Waals surface area contributed by atoms with Crippen molar-refractivity contribution in [1.29, 1.82) is 0 Å². The zero-order chi connectivity index (χ0) is 18.7. The minimum Gasteiger partial charge on any atom is -0.478 e. The normalized spacial score (nSPS) is 10.4. The van der Waals surface area contributed by atoms with Crippen molar-refractivity contribution in [2.24, 2.45) is 0 Å². The molecule has 0 bridgehead atoms. The molecule has 2 aromatic carbocycles. The average Bonchev–Trinajstić information content (AvgIpc) is 2.96. The van der Waals surface area contributed by atoms with Crippen molar-refractivity contribution in [1.82, 2.24) is 4.98 Å². The largest absolute Gasteiger partial charge is 0.478 e. The second kappa shape index (κ2) is 7.37. The van der Waals surface area contributed by atoms with Crippen LogP contribution >= 0.6 is 11.3 Å². The summed E-state index contributed by atoms with van der Waals surface area (Å²) in [5.41, 5.74) is 3.59. The van der Waals surface area contributed by atoms with Gasteiger partial charge in [-0.05, 0) is 43.3 Å². The lowest BCUT2D eigenvalue weighted by molar-refractivity contribution is -0.114. The lowest BCUT2D eigenvalue weighted by Crippen LogP contribution is -2.05. The molecular formula is C19H17N3O3S. The minimum atomic E-state index is -0.952. The van der Waals surface area contributed by atoms with E-state index in [2.05, 4.69) is 15.6 Å². The third kappa shape index (κ3) is 4.07. The quantitative estimate of drug-likeness (QED) is 0.617. The highest BCUT2D eigenvalue weighted by Gasteiger charge is 2.11. The fourth-order valence-corrected chi connectivity index (χ4v) is 3.31. The first-order valence-electron chi connectivity index (χ1n) is 7.88. The molecular weight excluding hydrogens is 350 g/mol. The number of hydrogen-bond acceptors (Lipinski definition) is 5. The van der Waals surface area contributed by atoms with Crippen LogP contribution in [0, 0.1) is 6.92 Å². The molecule has 0 unspecified atom stereocenters. The van der Waals surface area contributed by atoms with Crippen molar-refractivity contribution in [3.63, 3.8) is 0 Å². The maximum atomic E-state index is 11.1. The number of benzene rings is 2. The molecule has 6 nitrogen and oxygen atoms in total. The Bertz CT molecular complexity index is 947. The fourth-order valence-electron chi connectivity index (χ4n) is 2.45. The van der Waals surface area contributed by atoms with Gasteiger partial charge in [0, 0.05) is 28.7 Å². The third-order valence-corrected chi connectivity index (χ3v) is 4.54. The zero-order valence-electron chi connectivity index (χ0n) is 14.2. The SMILES string of the molecule is CC(=O)Nc1ccc(-c2nc(Nc3ccc(C(=O)O)cc3)sc2C)cc1. The van der Waals surface area contributed by atoms with Crippen LogP contribution in [0.5, 0.6) is 0 Å². The Morgan fingerprint density at radius 3 is 2.19 bits per heavy atom. The topological polar surface area (TPSA) is 91.3 Å². The number of carboxylic acids is 1. The number of amides is 1. The molecule has 7 heteroatoms. The van der Waals surface area contributed by atoms with Gasteiger partial charge in [0.05, 0.1) is 11.3 Å². The van der Waals surface area contributed by atoms with Gasteiger partial charge in [-0.15, -0.1) is 11.3 Å². The van der Waals surface area contributed by atoms with Gasteiger partial charge in [-0.25, -0.2) is 9.78 Å². The molecule has 0 spiro atoms. The molecule has 0 saturated heterocycles. The maximum Gasteiger partial charge on any atom is 0.335 e. The van der Waals surface area contributed by atoms with Gasteiger partial charge in [0.2, 0.25) is 5.91 Å². The van der Waals surface area contributed by atoms with Crippen LogP contribution in [-0.4, -0.2) is 22.0 Å². The van der Waals surface area contributed by atoms with Crippen molar-refractivity contribution < 1.29 is 14.7 Å². The van der Waals surface area contributed by atoms with E-state index in [0.717, 1.165) is 32.6 Å². The molecule has 1 amide bonds. The van der Waals surface area contributed by atoms with E-state index < -0.39 is 5.97 Å². The van der Waals surface area contributed by atoms with Crippen LogP contribution in [0.1, 0.15) is 22.2 Å². The molecule has 3 N–H and O–H groups in total. The Labute approximate surface area is 154 Å². The van der Waals surface area contributed by atoms with E-state index in [4.69, 9.17) is 5.11 Å². The number of rotatable bonds is 5. The first kappa shape index (κ1) is 17.6. The highest BCUT2D eigenvalue weighted by atomic mass is 32.1. The van der Waals surface area contributed by atoms with Crippen LogP contribution in [0.15, 0.2) is 48.5 Å². The predicted molar refractivity (Wildman–Crippen MR) is 103 cm³/mol. The van der Waals surface area contributed by atoms with Gasteiger partial charge in [-0.3, -0.25) is 4.79 Å². The number of hydrogen-bond donors (Lipinski definition) is 3. The third-order valence-electron chi connectivity index (χ3n) is 3.66. The van der Waals surface area contributed by atoms with Crippen molar-refractivity contribution in [3.05, 3.63) is 59.0 Å². The predicted octanol–water partition coefficient (Wildman–Crippen LogP) is 4.52. The van der Waals surface area contributed by atoms with E-state index in [9.17, 15) is 9.59 Å². The minimum absolute atomic E-state index is 0.108. The second-order valence-corrected chi connectivity index (χ2v) is 6.89. The van der Waals surface area contributed by atoms with Crippen LogP contribution in [-0.2, 0) is 4.79 Å². The van der Waals surface area contributed by atoms with Crippen LogP contribution in [0.25, 0.3) is 11.3 Å². The molecule has 26 heavy (non-hydrogen) atoms. The van der Waals surface area contributed by atoms with Gasteiger partial charge in [0.1, 0.15) is 0 Å². The van der Waals surface area contributed by atoms with E-state index in [-0.39, 0.29) is 11.5 Å². The number of nitrogens with one attached hydrogen (secondary N) is 2. The summed E-state index contributed by atoms with van der Waals surface area (Å²) in [7, 11) is 0. The Morgan fingerprint density at radius 2 is 1.62 bits per heavy atom. The summed E-state index contributed by atoms with van der Waals surface area (Å²) in [6, 6.07) is 14.0. The Kier molecular flexibility index (Phi) is 4.99. The molecule has 0 aliphatic carbocycles. The summed E-state index contributed by atoms with van der Waals surface area (Å²) >= 11 is 1.52. The molecule has 1 heterocycles. The smallest absolute Gasteiger partial charge is 0.335 e. The molecule has 3 rings (SSSR count). The van der Waals surface area contributed by atoms with Gasteiger partial charge in [-0.1, -0.05) is 12.1 Å². The van der Waals surface area contributed by atoms with Gasteiger partial charge in [-0.2, -0.15) is 0 Å². The monoisotopic (exact) mass is 367 g/mol. The average molecular weight is 367 g/mol. The number of carbonyl (C=O) groups is 2. The molecule has 1 aromatic heterocycles. The molecule has 0 fully saturated rings. The van der Waals surface area contributed by atoms with Crippen LogP contribution in [0.2, 0.25) is 0 Å². The molecule has 0 saturated carbocycles. The number of aryl methyl sites for hydroxylation is 1. The van der Waals surface area contributed by atoms with E-state index >= 15 is 0 Å². The van der Waals surface area contributed by atoms with Gasteiger partial charge in [0.25, 0.3) is 0 Å². The summed E-state index contributed by atoms with van der Waals surface area (Å²) in [5, 5.41) is 15.6. The van der Waals surface area contributed by atoms with Crippen LogP contribution in [0.3, 0.4) is 0 Å². The molecule has 0 aliphatic heterocycles. The lowest BCUT2D eigenvalue weighted by Gasteiger charge is -2.04. The molecule has 132 valence electrons. The molecule has 0 atom stereocenters. The van der Waals surface area contributed by atoms with Crippen molar-refractivity contribution >= 4 is 39.7 Å². The maximum absolute atomic E-state index is 11.1. The Balaban J connectivity index is 1.78. The molecule has 0 aliphatic rings. The number of carbonyl (C=O) groups excluding carboxylic acids is 1. The highest BCUT2D eigenvalue weighted by Crippen LogP contribution is 2.32. The summed E-state index contributed by atoms with van der Waals surface area (Å²) in [6.45, 7) is 3.47.